The lowest BCUT2D eigenvalue weighted by atomic mass is 10.1. The largest absolute Gasteiger partial charge is 0.390 e. The van der Waals surface area contributed by atoms with Gasteiger partial charge in [-0.25, -0.2) is 0 Å². The van der Waals surface area contributed by atoms with Crippen molar-refractivity contribution in [2.24, 2.45) is 0 Å². The zero-order chi connectivity index (χ0) is 13.0. The number of aliphatic hydroxyl groups is 1. The molecule has 2 N–H and O–H groups in total. The van der Waals surface area contributed by atoms with Crippen LogP contribution in [0.3, 0.4) is 0 Å². The van der Waals surface area contributed by atoms with Gasteiger partial charge in [-0.15, -0.1) is 11.6 Å². The molecule has 0 saturated heterocycles. The van der Waals surface area contributed by atoms with Crippen LogP contribution in [0.1, 0.15) is 5.56 Å². The van der Waals surface area contributed by atoms with E-state index >= 15 is 0 Å². The van der Waals surface area contributed by atoms with E-state index in [9.17, 15) is 5.11 Å². The second-order valence-electron chi connectivity index (χ2n) is 4.23. The molecular weight excluding hydrogens is 248 g/mol. The van der Waals surface area contributed by atoms with Crippen molar-refractivity contribution in [1.29, 1.82) is 0 Å². The highest BCUT2D eigenvalue weighted by Crippen LogP contribution is 2.22. The molecule has 1 unspecified atom stereocenters. The molecule has 18 heavy (non-hydrogen) atoms. The van der Waals surface area contributed by atoms with E-state index in [1.165, 1.54) is 0 Å². The molecule has 0 bridgehead atoms. The summed E-state index contributed by atoms with van der Waals surface area (Å²) in [4.78, 5) is 0. The Morgan fingerprint density at radius 1 is 1.28 bits per heavy atom. The van der Waals surface area contributed by atoms with Gasteiger partial charge in [0.1, 0.15) is 0 Å². The average molecular weight is 265 g/mol. The maximum absolute atomic E-state index is 9.46. The Hall–Kier alpha value is -1.45. The second-order valence-corrected chi connectivity index (χ2v) is 4.54. The van der Waals surface area contributed by atoms with Crippen LogP contribution in [0.5, 0.6) is 0 Å². The van der Waals surface area contributed by atoms with E-state index in [-0.39, 0.29) is 5.88 Å². The van der Waals surface area contributed by atoms with E-state index in [1.807, 2.05) is 36.7 Å². The Labute approximate surface area is 112 Å². The van der Waals surface area contributed by atoms with Crippen molar-refractivity contribution in [3.05, 3.63) is 48.3 Å². The van der Waals surface area contributed by atoms with Crippen molar-refractivity contribution in [3.8, 4) is 5.69 Å². The number of aromatic nitrogens is 1. The fourth-order valence-corrected chi connectivity index (χ4v) is 1.98. The van der Waals surface area contributed by atoms with E-state index in [0.717, 1.165) is 16.9 Å². The van der Waals surface area contributed by atoms with Gasteiger partial charge in [0, 0.05) is 30.3 Å². The molecule has 1 aromatic carbocycles. The summed E-state index contributed by atoms with van der Waals surface area (Å²) >= 11 is 5.58. The molecule has 3 nitrogen and oxygen atoms in total. The predicted octanol–water partition coefficient (Wildman–Crippen LogP) is 2.80. The third-order valence-corrected chi connectivity index (χ3v) is 3.25. The number of hydrogen-bond acceptors (Lipinski definition) is 2. The highest BCUT2D eigenvalue weighted by molar-refractivity contribution is 6.18. The zero-order valence-corrected chi connectivity index (χ0v) is 11.1. The first-order chi connectivity index (χ1) is 8.72. The van der Waals surface area contributed by atoms with Gasteiger partial charge in [0.05, 0.1) is 12.0 Å². The van der Waals surface area contributed by atoms with Crippen LogP contribution in [0.2, 0.25) is 0 Å². The Morgan fingerprint density at radius 2 is 2.00 bits per heavy atom. The topological polar surface area (TPSA) is 37.2 Å². The Kier molecular flexibility index (Phi) is 4.28. The number of alkyl halides is 1. The van der Waals surface area contributed by atoms with Gasteiger partial charge in [0.2, 0.25) is 0 Å². The molecule has 96 valence electrons. The first kappa shape index (κ1) is 13.0. The highest BCUT2D eigenvalue weighted by atomic mass is 35.5. The lowest BCUT2D eigenvalue weighted by Gasteiger charge is -2.15. The van der Waals surface area contributed by atoms with Crippen LogP contribution in [-0.4, -0.2) is 28.2 Å². The van der Waals surface area contributed by atoms with Crippen molar-refractivity contribution in [2.45, 2.75) is 13.0 Å². The first-order valence-electron chi connectivity index (χ1n) is 5.93. The van der Waals surface area contributed by atoms with Crippen molar-refractivity contribution < 1.29 is 5.11 Å². The van der Waals surface area contributed by atoms with Gasteiger partial charge in [-0.3, -0.25) is 0 Å². The Morgan fingerprint density at radius 3 is 2.67 bits per heavy atom. The summed E-state index contributed by atoms with van der Waals surface area (Å²) in [6.07, 6.45) is 3.50. The van der Waals surface area contributed by atoms with Crippen molar-refractivity contribution in [2.75, 3.05) is 17.7 Å². The SMILES string of the molecule is Cc1c(NCC(O)CCl)cccc1-n1cccc1. The maximum atomic E-state index is 9.46. The zero-order valence-electron chi connectivity index (χ0n) is 10.3. The standard InChI is InChI=1S/C14H17ClN2O/c1-11-13(16-10-12(18)9-15)5-4-6-14(11)17-7-2-3-8-17/h2-8,12,16,18H,9-10H2,1H3. The first-order valence-corrected chi connectivity index (χ1v) is 6.46. The van der Waals surface area contributed by atoms with Gasteiger partial charge >= 0.3 is 0 Å². The van der Waals surface area contributed by atoms with E-state index < -0.39 is 6.10 Å². The molecule has 0 fully saturated rings. The normalized spacial score (nSPS) is 12.4. The summed E-state index contributed by atoms with van der Waals surface area (Å²) < 4.78 is 2.07. The molecule has 1 heterocycles. The fourth-order valence-electron chi connectivity index (χ4n) is 1.87. The summed E-state index contributed by atoms with van der Waals surface area (Å²) in [5, 5.41) is 12.7. The van der Waals surface area contributed by atoms with Gasteiger partial charge in [-0.1, -0.05) is 6.07 Å². The number of anilines is 1. The number of nitrogens with zero attached hydrogens (tertiary/aromatic N) is 1. The van der Waals surface area contributed by atoms with Crippen LogP contribution in [0.25, 0.3) is 5.69 Å². The van der Waals surface area contributed by atoms with Gasteiger partial charge in [0.25, 0.3) is 0 Å². The number of halogens is 1. The molecule has 0 saturated carbocycles. The minimum Gasteiger partial charge on any atom is -0.390 e. The Balaban J connectivity index is 2.20. The van der Waals surface area contributed by atoms with E-state index in [0.29, 0.717) is 6.54 Å². The number of aliphatic hydroxyl groups excluding tert-OH is 1. The van der Waals surface area contributed by atoms with Crippen molar-refractivity contribution in [1.82, 2.24) is 4.57 Å². The van der Waals surface area contributed by atoms with Gasteiger partial charge in [-0.05, 0) is 36.8 Å². The summed E-state index contributed by atoms with van der Waals surface area (Å²) in [7, 11) is 0. The molecule has 4 heteroatoms. The minimum absolute atomic E-state index is 0.239. The smallest absolute Gasteiger partial charge is 0.0847 e. The monoisotopic (exact) mass is 264 g/mol. The van der Waals surface area contributed by atoms with Crippen molar-refractivity contribution in [3.63, 3.8) is 0 Å². The Bertz CT molecular complexity index is 497. The summed E-state index contributed by atoms with van der Waals surface area (Å²) in [5.41, 5.74) is 3.30. The third-order valence-electron chi connectivity index (χ3n) is 2.89. The van der Waals surface area contributed by atoms with Crippen molar-refractivity contribution >= 4 is 17.3 Å². The number of benzene rings is 1. The maximum Gasteiger partial charge on any atom is 0.0847 e. The predicted molar refractivity (Wildman–Crippen MR) is 75.7 cm³/mol. The molecule has 0 aliphatic rings. The summed E-state index contributed by atoms with van der Waals surface area (Å²) in [6, 6.07) is 10.1. The van der Waals surface area contributed by atoms with Gasteiger partial charge in [0.15, 0.2) is 0 Å². The van der Waals surface area contributed by atoms with E-state index in [1.54, 1.807) is 0 Å². The van der Waals surface area contributed by atoms with Crippen LogP contribution >= 0.6 is 11.6 Å². The molecule has 0 spiro atoms. The van der Waals surface area contributed by atoms with Crippen LogP contribution in [0, 0.1) is 6.92 Å². The van der Waals surface area contributed by atoms with E-state index in [2.05, 4.69) is 22.9 Å². The average Bonchev–Trinajstić information content (AvgIpc) is 2.91. The van der Waals surface area contributed by atoms with Crippen LogP contribution < -0.4 is 5.32 Å². The van der Waals surface area contributed by atoms with Crippen LogP contribution in [0.4, 0.5) is 5.69 Å². The molecule has 2 aromatic rings. The second kappa shape index (κ2) is 5.94. The van der Waals surface area contributed by atoms with Gasteiger partial charge < -0.3 is 15.0 Å². The molecule has 1 aromatic heterocycles. The molecule has 0 aliphatic heterocycles. The third kappa shape index (κ3) is 2.86. The van der Waals surface area contributed by atoms with Crippen LogP contribution in [0.15, 0.2) is 42.7 Å². The van der Waals surface area contributed by atoms with Crippen LogP contribution in [-0.2, 0) is 0 Å². The molecule has 0 aliphatic carbocycles. The molecular formula is C14H17ClN2O. The lowest BCUT2D eigenvalue weighted by Crippen LogP contribution is -2.21. The molecule has 0 radical (unpaired) electrons. The lowest BCUT2D eigenvalue weighted by molar-refractivity contribution is 0.211. The number of nitrogens with one attached hydrogen (secondary N) is 1. The molecule has 1 atom stereocenters. The highest BCUT2D eigenvalue weighted by Gasteiger charge is 2.06. The number of rotatable bonds is 5. The summed E-state index contributed by atoms with van der Waals surface area (Å²) in [5.74, 6) is 0.239. The number of hydrogen-bond donors (Lipinski definition) is 2. The molecule has 0 amide bonds. The summed E-state index contributed by atoms with van der Waals surface area (Å²) in [6.45, 7) is 2.52. The quantitative estimate of drug-likeness (QED) is 0.815. The fraction of sp³-hybridized carbons (Fsp3) is 0.286. The van der Waals surface area contributed by atoms with Gasteiger partial charge in [-0.2, -0.15) is 0 Å². The molecule has 2 rings (SSSR count). The minimum atomic E-state index is -0.527. The van der Waals surface area contributed by atoms with E-state index in [4.69, 9.17) is 11.6 Å².